The van der Waals surface area contributed by atoms with E-state index in [-0.39, 0.29) is 5.92 Å². The van der Waals surface area contributed by atoms with E-state index in [1.54, 1.807) is 13.8 Å². The third kappa shape index (κ3) is 4.16. The van der Waals surface area contributed by atoms with E-state index in [9.17, 15) is 16.8 Å². The molecule has 1 saturated heterocycles. The zero-order valence-electron chi connectivity index (χ0n) is 12.7. The zero-order valence-corrected chi connectivity index (χ0v) is 14.3. The number of sulfonamides is 1. The maximum atomic E-state index is 11.8. The molecule has 1 aliphatic rings. The Labute approximate surface area is 122 Å². The van der Waals surface area contributed by atoms with Gasteiger partial charge < -0.3 is 5.73 Å². The molecule has 0 aromatic carbocycles. The molecule has 2 unspecified atom stereocenters. The fraction of sp³-hybridized carbons (Fsp3) is 1.00. The average Bonchev–Trinajstić information content (AvgIpc) is 2.26. The lowest BCUT2D eigenvalue weighted by atomic mass is 9.88. The van der Waals surface area contributed by atoms with Gasteiger partial charge in [-0.15, -0.1) is 0 Å². The number of nitrogens with zero attached hydrogens (tertiary/aromatic N) is 1. The van der Waals surface area contributed by atoms with Gasteiger partial charge in [0.05, 0.1) is 11.0 Å². The van der Waals surface area contributed by atoms with Gasteiger partial charge >= 0.3 is 0 Å². The summed E-state index contributed by atoms with van der Waals surface area (Å²) in [5, 5.41) is 0. The van der Waals surface area contributed by atoms with E-state index in [1.807, 2.05) is 0 Å². The molecule has 6 nitrogen and oxygen atoms in total. The van der Waals surface area contributed by atoms with E-state index < -0.39 is 30.6 Å². The van der Waals surface area contributed by atoms with Crippen molar-refractivity contribution in [1.82, 2.24) is 4.31 Å². The minimum atomic E-state index is -3.25. The molecule has 120 valence electrons. The molecule has 1 fully saturated rings. The van der Waals surface area contributed by atoms with Crippen LogP contribution in [0.1, 0.15) is 33.1 Å². The summed E-state index contributed by atoms with van der Waals surface area (Å²) in [6.45, 7) is 4.24. The molecule has 1 aliphatic heterocycles. The van der Waals surface area contributed by atoms with Crippen LogP contribution in [0.5, 0.6) is 0 Å². The molecule has 1 heterocycles. The number of rotatable bonds is 5. The maximum absolute atomic E-state index is 11.8. The summed E-state index contributed by atoms with van der Waals surface area (Å²) in [4.78, 5) is 0. The van der Waals surface area contributed by atoms with Gasteiger partial charge in [0, 0.05) is 25.4 Å². The SMILES string of the molecule is CC(C)(C(N)CC1CCCN(S(C)(=O)=O)C1)S(C)(=O)=O. The van der Waals surface area contributed by atoms with Crippen molar-refractivity contribution in [2.45, 2.75) is 43.9 Å². The van der Waals surface area contributed by atoms with Crippen LogP contribution in [0.4, 0.5) is 0 Å². The smallest absolute Gasteiger partial charge is 0.211 e. The molecular formula is C12H26N2O4S2. The highest BCUT2D eigenvalue weighted by atomic mass is 32.2. The first-order valence-corrected chi connectivity index (χ1v) is 10.5. The summed E-state index contributed by atoms with van der Waals surface area (Å²) >= 11 is 0. The van der Waals surface area contributed by atoms with E-state index in [0.29, 0.717) is 19.5 Å². The molecule has 2 N–H and O–H groups in total. The van der Waals surface area contributed by atoms with E-state index in [1.165, 1.54) is 16.8 Å². The summed E-state index contributed by atoms with van der Waals surface area (Å²) in [7, 11) is -6.44. The second kappa shape index (κ2) is 5.90. The van der Waals surface area contributed by atoms with E-state index in [0.717, 1.165) is 12.8 Å². The Bertz CT molecular complexity index is 540. The van der Waals surface area contributed by atoms with Crippen LogP contribution in [0.25, 0.3) is 0 Å². The van der Waals surface area contributed by atoms with Crippen molar-refractivity contribution in [3.63, 3.8) is 0 Å². The van der Waals surface area contributed by atoms with Crippen molar-refractivity contribution in [3.05, 3.63) is 0 Å². The predicted octanol–water partition coefficient (Wildman–Crippen LogP) is 0.199. The van der Waals surface area contributed by atoms with Crippen molar-refractivity contribution in [3.8, 4) is 0 Å². The molecule has 0 aliphatic carbocycles. The van der Waals surface area contributed by atoms with Crippen LogP contribution >= 0.6 is 0 Å². The monoisotopic (exact) mass is 326 g/mol. The molecule has 8 heteroatoms. The van der Waals surface area contributed by atoms with Crippen LogP contribution in [0.2, 0.25) is 0 Å². The van der Waals surface area contributed by atoms with Crippen LogP contribution in [0, 0.1) is 5.92 Å². The second-order valence-electron chi connectivity index (χ2n) is 6.35. The average molecular weight is 326 g/mol. The molecule has 2 atom stereocenters. The fourth-order valence-electron chi connectivity index (χ4n) is 2.44. The highest BCUT2D eigenvalue weighted by molar-refractivity contribution is 7.92. The summed E-state index contributed by atoms with van der Waals surface area (Å²) in [5.74, 6) is 0.120. The maximum Gasteiger partial charge on any atom is 0.211 e. The Balaban J connectivity index is 2.74. The second-order valence-corrected chi connectivity index (χ2v) is 10.9. The number of sulfone groups is 1. The van der Waals surface area contributed by atoms with Gasteiger partial charge in [0.15, 0.2) is 9.84 Å². The van der Waals surface area contributed by atoms with Crippen LogP contribution in [0.3, 0.4) is 0 Å². The van der Waals surface area contributed by atoms with E-state index in [4.69, 9.17) is 5.73 Å². The third-order valence-electron chi connectivity index (χ3n) is 4.39. The lowest BCUT2D eigenvalue weighted by molar-refractivity contribution is 0.238. The van der Waals surface area contributed by atoms with Crippen molar-refractivity contribution < 1.29 is 16.8 Å². The highest BCUT2D eigenvalue weighted by Crippen LogP contribution is 2.28. The summed E-state index contributed by atoms with van der Waals surface area (Å²) in [6, 6.07) is -0.498. The topological polar surface area (TPSA) is 97.5 Å². The largest absolute Gasteiger partial charge is 0.326 e. The molecule has 0 saturated carbocycles. The third-order valence-corrected chi connectivity index (χ3v) is 7.87. The molecule has 0 radical (unpaired) electrons. The number of nitrogens with two attached hydrogens (primary N) is 1. The Morgan fingerprint density at radius 1 is 1.25 bits per heavy atom. The van der Waals surface area contributed by atoms with Gasteiger partial charge in [0.2, 0.25) is 10.0 Å². The number of piperidine rings is 1. The molecule has 1 rings (SSSR count). The van der Waals surface area contributed by atoms with Gasteiger partial charge in [-0.3, -0.25) is 0 Å². The number of hydrogen-bond donors (Lipinski definition) is 1. The Hall–Kier alpha value is -0.180. The summed E-state index contributed by atoms with van der Waals surface area (Å²) in [6.07, 6.45) is 4.60. The lowest BCUT2D eigenvalue weighted by Crippen LogP contribution is -2.51. The summed E-state index contributed by atoms with van der Waals surface area (Å²) < 4.78 is 47.2. The first-order valence-electron chi connectivity index (χ1n) is 6.76. The van der Waals surface area contributed by atoms with Crippen LogP contribution in [0.15, 0.2) is 0 Å². The first-order chi connectivity index (χ1) is 8.85. The minimum absolute atomic E-state index is 0.120. The van der Waals surface area contributed by atoms with Crippen molar-refractivity contribution in [2.24, 2.45) is 11.7 Å². The van der Waals surface area contributed by atoms with Gasteiger partial charge in [-0.05, 0) is 39.0 Å². The van der Waals surface area contributed by atoms with Gasteiger partial charge in [-0.2, -0.15) is 0 Å². The number of hydrogen-bond acceptors (Lipinski definition) is 5. The van der Waals surface area contributed by atoms with Crippen LogP contribution < -0.4 is 5.73 Å². The zero-order chi connectivity index (χ0) is 15.8. The normalized spacial score (nSPS) is 24.6. The van der Waals surface area contributed by atoms with E-state index >= 15 is 0 Å². The van der Waals surface area contributed by atoms with Gasteiger partial charge in [-0.1, -0.05) is 0 Å². The minimum Gasteiger partial charge on any atom is -0.326 e. The molecule has 0 bridgehead atoms. The molecular weight excluding hydrogens is 300 g/mol. The lowest BCUT2D eigenvalue weighted by Gasteiger charge is -2.36. The van der Waals surface area contributed by atoms with Gasteiger partial charge in [0.25, 0.3) is 0 Å². The Morgan fingerprint density at radius 2 is 1.80 bits per heavy atom. The first kappa shape index (κ1) is 17.9. The highest BCUT2D eigenvalue weighted by Gasteiger charge is 2.38. The van der Waals surface area contributed by atoms with Crippen molar-refractivity contribution in [2.75, 3.05) is 25.6 Å². The van der Waals surface area contributed by atoms with E-state index in [2.05, 4.69) is 0 Å². The Morgan fingerprint density at radius 3 is 2.25 bits per heavy atom. The van der Waals surface area contributed by atoms with Crippen LogP contribution in [-0.2, 0) is 19.9 Å². The van der Waals surface area contributed by atoms with Gasteiger partial charge in [-0.25, -0.2) is 21.1 Å². The van der Waals surface area contributed by atoms with Crippen LogP contribution in [-0.4, -0.2) is 57.5 Å². The fourth-order valence-corrected chi connectivity index (χ4v) is 4.03. The van der Waals surface area contributed by atoms with Gasteiger partial charge in [0.1, 0.15) is 0 Å². The summed E-state index contributed by atoms with van der Waals surface area (Å²) in [5.41, 5.74) is 6.08. The van der Waals surface area contributed by atoms with Crippen molar-refractivity contribution >= 4 is 19.9 Å². The predicted molar refractivity (Wildman–Crippen MR) is 80.7 cm³/mol. The molecule has 20 heavy (non-hydrogen) atoms. The Kier molecular flexibility index (Phi) is 5.27. The molecule has 0 aromatic heterocycles. The standard InChI is InChI=1S/C12H26N2O4S2/c1-12(2,19(3,15)16)11(13)8-10-6-5-7-14(9-10)20(4,17)18/h10-11H,5-9,13H2,1-4H3. The molecule has 0 amide bonds. The molecule has 0 aromatic rings. The quantitative estimate of drug-likeness (QED) is 0.778. The molecule has 0 spiro atoms. The van der Waals surface area contributed by atoms with Crippen molar-refractivity contribution in [1.29, 1.82) is 0 Å².